The molecule has 0 aromatic heterocycles. The monoisotopic (exact) mass is 299 g/mol. The number of rotatable bonds is 7. The highest BCUT2D eigenvalue weighted by Crippen LogP contribution is 2.17. The predicted molar refractivity (Wildman–Crippen MR) is 76.6 cm³/mol. The molecule has 3 N–H and O–H groups in total. The Labute approximate surface area is 125 Å². The zero-order valence-electron chi connectivity index (χ0n) is 12.4. The second kappa shape index (κ2) is 8.31. The van der Waals surface area contributed by atoms with E-state index in [9.17, 15) is 9.59 Å². The highest BCUT2D eigenvalue weighted by atomic mass is 16.5. The lowest BCUT2D eigenvalue weighted by Crippen LogP contribution is -2.47. The summed E-state index contributed by atoms with van der Waals surface area (Å²) in [6, 6.07) is 0. The van der Waals surface area contributed by atoms with E-state index < -0.39 is 0 Å². The lowest BCUT2D eigenvalue weighted by molar-refractivity contribution is -0.135. The van der Waals surface area contributed by atoms with Crippen molar-refractivity contribution >= 4 is 11.8 Å². The third-order valence-corrected chi connectivity index (χ3v) is 3.87. The Morgan fingerprint density at radius 3 is 2.10 bits per heavy atom. The Morgan fingerprint density at radius 2 is 1.67 bits per heavy atom. The second-order valence-corrected chi connectivity index (χ2v) is 5.55. The van der Waals surface area contributed by atoms with Crippen molar-refractivity contribution in [1.82, 2.24) is 10.2 Å². The molecule has 7 heteroatoms. The van der Waals surface area contributed by atoms with E-state index in [0.29, 0.717) is 13.1 Å². The molecule has 120 valence electrons. The molecule has 2 fully saturated rings. The quantitative estimate of drug-likeness (QED) is 0.645. The van der Waals surface area contributed by atoms with E-state index in [1.165, 1.54) is 0 Å². The largest absolute Gasteiger partial charge is 0.376 e. The topological polar surface area (TPSA) is 93.9 Å². The molecule has 21 heavy (non-hydrogen) atoms. The first kappa shape index (κ1) is 16.2. The predicted octanol–water partition coefficient (Wildman–Crippen LogP) is -0.752. The zero-order valence-corrected chi connectivity index (χ0v) is 12.4. The molecular formula is C14H25N3O4. The minimum Gasteiger partial charge on any atom is -0.376 e. The fourth-order valence-corrected chi connectivity index (χ4v) is 2.70. The molecule has 0 aliphatic carbocycles. The van der Waals surface area contributed by atoms with E-state index in [2.05, 4.69) is 5.32 Å². The molecule has 2 atom stereocenters. The van der Waals surface area contributed by atoms with E-state index in [-0.39, 0.29) is 37.1 Å². The smallest absolute Gasteiger partial charge is 0.242 e. The minimum atomic E-state index is -0.322. The van der Waals surface area contributed by atoms with Crippen molar-refractivity contribution in [2.24, 2.45) is 5.73 Å². The first-order valence-corrected chi connectivity index (χ1v) is 7.66. The van der Waals surface area contributed by atoms with Crippen molar-refractivity contribution in [3.8, 4) is 0 Å². The van der Waals surface area contributed by atoms with Gasteiger partial charge in [-0.1, -0.05) is 0 Å². The van der Waals surface area contributed by atoms with Gasteiger partial charge in [0.2, 0.25) is 11.8 Å². The highest BCUT2D eigenvalue weighted by molar-refractivity contribution is 5.85. The van der Waals surface area contributed by atoms with Gasteiger partial charge in [-0.25, -0.2) is 0 Å². The maximum atomic E-state index is 12.3. The molecule has 2 amide bonds. The van der Waals surface area contributed by atoms with Crippen LogP contribution in [0.15, 0.2) is 0 Å². The van der Waals surface area contributed by atoms with Gasteiger partial charge in [-0.2, -0.15) is 0 Å². The van der Waals surface area contributed by atoms with Crippen molar-refractivity contribution in [2.75, 3.05) is 39.4 Å². The normalized spacial score (nSPS) is 25.0. The summed E-state index contributed by atoms with van der Waals surface area (Å²) in [6.45, 7) is 2.53. The summed E-state index contributed by atoms with van der Waals surface area (Å²) in [4.78, 5) is 25.2. The summed E-state index contributed by atoms with van der Waals surface area (Å²) in [5.74, 6) is -0.430. The van der Waals surface area contributed by atoms with Gasteiger partial charge in [0.15, 0.2) is 0 Å². The molecule has 2 rings (SSSR count). The van der Waals surface area contributed by atoms with Gasteiger partial charge < -0.3 is 25.4 Å². The van der Waals surface area contributed by atoms with E-state index in [1.807, 2.05) is 0 Å². The number of amides is 2. The van der Waals surface area contributed by atoms with Crippen LogP contribution in [0, 0.1) is 0 Å². The van der Waals surface area contributed by atoms with E-state index in [1.54, 1.807) is 4.90 Å². The Morgan fingerprint density at radius 1 is 1.10 bits per heavy atom. The van der Waals surface area contributed by atoms with Crippen molar-refractivity contribution in [1.29, 1.82) is 0 Å². The standard InChI is InChI=1S/C14H25N3O4/c15-7-13(18)16-8-14(19)17(9-11-3-1-5-20-11)10-12-4-2-6-21-12/h11-12H,1-10,15H2,(H,16,18). The number of nitrogens with zero attached hydrogens (tertiary/aromatic N) is 1. The van der Waals surface area contributed by atoms with Gasteiger partial charge in [0.1, 0.15) is 0 Å². The first-order valence-electron chi connectivity index (χ1n) is 7.66. The van der Waals surface area contributed by atoms with Crippen molar-refractivity contribution in [3.05, 3.63) is 0 Å². The van der Waals surface area contributed by atoms with Crippen LogP contribution in [0.5, 0.6) is 0 Å². The Hall–Kier alpha value is -1.18. The molecule has 2 unspecified atom stereocenters. The summed E-state index contributed by atoms with van der Waals surface area (Å²) in [5, 5.41) is 2.53. The van der Waals surface area contributed by atoms with Crippen LogP contribution in [0.25, 0.3) is 0 Å². The van der Waals surface area contributed by atoms with Crippen molar-refractivity contribution in [3.63, 3.8) is 0 Å². The Kier molecular flexibility index (Phi) is 6.41. The average Bonchev–Trinajstić information content (AvgIpc) is 3.17. The van der Waals surface area contributed by atoms with Crippen LogP contribution in [-0.2, 0) is 19.1 Å². The maximum Gasteiger partial charge on any atom is 0.242 e. The third kappa shape index (κ3) is 5.26. The Balaban J connectivity index is 1.85. The number of hydrogen-bond acceptors (Lipinski definition) is 5. The molecule has 2 heterocycles. The number of nitrogens with one attached hydrogen (secondary N) is 1. The van der Waals surface area contributed by atoms with Crippen molar-refractivity contribution < 1.29 is 19.1 Å². The van der Waals surface area contributed by atoms with Crippen LogP contribution in [0.1, 0.15) is 25.7 Å². The molecular weight excluding hydrogens is 274 g/mol. The lowest BCUT2D eigenvalue weighted by atomic mass is 10.2. The van der Waals surface area contributed by atoms with E-state index >= 15 is 0 Å². The molecule has 0 bridgehead atoms. The van der Waals surface area contributed by atoms with Gasteiger partial charge in [0.05, 0.1) is 25.3 Å². The molecule has 0 saturated carbocycles. The first-order chi connectivity index (χ1) is 10.2. The zero-order chi connectivity index (χ0) is 15.1. The van der Waals surface area contributed by atoms with Gasteiger partial charge >= 0.3 is 0 Å². The summed E-state index contributed by atoms with van der Waals surface area (Å²) < 4.78 is 11.2. The van der Waals surface area contributed by atoms with Crippen LogP contribution in [-0.4, -0.2) is 68.3 Å². The van der Waals surface area contributed by atoms with Crippen LogP contribution >= 0.6 is 0 Å². The Bertz CT molecular complexity index is 334. The second-order valence-electron chi connectivity index (χ2n) is 5.55. The molecule has 2 aliphatic rings. The molecule has 0 spiro atoms. The van der Waals surface area contributed by atoms with Gasteiger partial charge in [-0.15, -0.1) is 0 Å². The van der Waals surface area contributed by atoms with Crippen LogP contribution in [0.4, 0.5) is 0 Å². The molecule has 0 aromatic rings. The summed E-state index contributed by atoms with van der Waals surface area (Å²) in [5.41, 5.74) is 5.22. The fraction of sp³-hybridized carbons (Fsp3) is 0.857. The number of carbonyl (C=O) groups excluding carboxylic acids is 2. The van der Waals surface area contributed by atoms with Crippen LogP contribution < -0.4 is 11.1 Å². The van der Waals surface area contributed by atoms with Crippen LogP contribution in [0.3, 0.4) is 0 Å². The van der Waals surface area contributed by atoms with Gasteiger partial charge in [-0.05, 0) is 25.7 Å². The number of carbonyl (C=O) groups is 2. The number of nitrogens with two attached hydrogens (primary N) is 1. The molecule has 7 nitrogen and oxygen atoms in total. The van der Waals surface area contributed by atoms with E-state index in [4.69, 9.17) is 15.2 Å². The number of ether oxygens (including phenoxy) is 2. The molecule has 2 aliphatic heterocycles. The van der Waals surface area contributed by atoms with Gasteiger partial charge in [-0.3, -0.25) is 9.59 Å². The minimum absolute atomic E-state index is 0.0184. The maximum absolute atomic E-state index is 12.3. The summed E-state index contributed by atoms with van der Waals surface area (Å²) >= 11 is 0. The molecule has 0 aromatic carbocycles. The molecule has 2 saturated heterocycles. The lowest BCUT2D eigenvalue weighted by Gasteiger charge is -2.28. The molecule has 0 radical (unpaired) electrons. The number of hydrogen-bond donors (Lipinski definition) is 2. The van der Waals surface area contributed by atoms with E-state index in [0.717, 1.165) is 38.9 Å². The summed E-state index contributed by atoms with van der Waals surface area (Å²) in [7, 11) is 0. The summed E-state index contributed by atoms with van der Waals surface area (Å²) in [6.07, 6.45) is 4.23. The van der Waals surface area contributed by atoms with Gasteiger partial charge in [0.25, 0.3) is 0 Å². The fourth-order valence-electron chi connectivity index (χ4n) is 2.70. The van der Waals surface area contributed by atoms with Gasteiger partial charge in [0, 0.05) is 26.3 Å². The average molecular weight is 299 g/mol. The van der Waals surface area contributed by atoms with Crippen molar-refractivity contribution in [2.45, 2.75) is 37.9 Å². The third-order valence-electron chi connectivity index (χ3n) is 3.87. The SMILES string of the molecule is NCC(=O)NCC(=O)N(CC1CCCO1)CC1CCCO1. The van der Waals surface area contributed by atoms with Crippen LogP contribution in [0.2, 0.25) is 0 Å². The highest BCUT2D eigenvalue weighted by Gasteiger charge is 2.26.